The van der Waals surface area contributed by atoms with Crippen LogP contribution in [0.15, 0.2) is 18.2 Å². The van der Waals surface area contributed by atoms with Gasteiger partial charge in [-0.25, -0.2) is 4.39 Å². The number of rotatable bonds is 2. The zero-order chi connectivity index (χ0) is 9.84. The quantitative estimate of drug-likeness (QED) is 0.680. The van der Waals surface area contributed by atoms with E-state index in [4.69, 9.17) is 5.26 Å². The molecule has 0 N–H and O–H groups in total. The first-order chi connectivity index (χ1) is 6.19. The molecule has 1 rings (SSSR count). The predicted molar refractivity (Wildman–Crippen MR) is 49.8 cm³/mol. The molecule has 0 aliphatic heterocycles. The molecule has 0 unspecified atom stereocenters. The Balaban J connectivity index is 3.08. The van der Waals surface area contributed by atoms with Gasteiger partial charge in [0.25, 0.3) is 0 Å². The molecule has 0 aliphatic rings. The van der Waals surface area contributed by atoms with E-state index in [0.29, 0.717) is 5.92 Å². The number of nitriles is 1. The van der Waals surface area contributed by atoms with Crippen LogP contribution in [0.25, 0.3) is 0 Å². The normalized spacial score (nSPS) is 12.2. The van der Waals surface area contributed by atoms with E-state index in [1.54, 1.807) is 12.1 Å². The second-order valence-corrected chi connectivity index (χ2v) is 3.16. The van der Waals surface area contributed by atoms with Gasteiger partial charge in [0.05, 0.1) is 5.56 Å². The van der Waals surface area contributed by atoms with E-state index < -0.39 is 5.82 Å². The Hall–Kier alpha value is -1.36. The van der Waals surface area contributed by atoms with Crippen LogP contribution < -0.4 is 0 Å². The Bertz CT molecular complexity index is 338. The molecule has 0 aromatic heterocycles. The van der Waals surface area contributed by atoms with Crippen LogP contribution in [0.3, 0.4) is 0 Å². The van der Waals surface area contributed by atoms with Gasteiger partial charge in [0.2, 0.25) is 0 Å². The molecule has 0 spiro atoms. The number of nitrogens with zero attached hydrogens (tertiary/aromatic N) is 1. The molecule has 0 radical (unpaired) electrons. The molecular formula is C11H12FN. The molecule has 1 atom stereocenters. The largest absolute Gasteiger partial charge is 0.206 e. The minimum Gasteiger partial charge on any atom is -0.206 e. The molecule has 0 amide bonds. The molecule has 0 saturated heterocycles. The predicted octanol–water partition coefficient (Wildman–Crippen LogP) is 3.21. The summed E-state index contributed by atoms with van der Waals surface area (Å²) in [5.41, 5.74) is 1.17. The van der Waals surface area contributed by atoms with Gasteiger partial charge in [-0.1, -0.05) is 19.9 Å². The van der Waals surface area contributed by atoms with E-state index in [2.05, 4.69) is 13.8 Å². The summed E-state index contributed by atoms with van der Waals surface area (Å²) in [4.78, 5) is 0. The molecule has 68 valence electrons. The highest BCUT2D eigenvalue weighted by atomic mass is 19.1. The smallest absolute Gasteiger partial charge is 0.140 e. The number of hydrogen-bond acceptors (Lipinski definition) is 1. The van der Waals surface area contributed by atoms with E-state index in [1.165, 1.54) is 6.07 Å². The van der Waals surface area contributed by atoms with Crippen molar-refractivity contribution in [2.75, 3.05) is 0 Å². The third-order valence-electron chi connectivity index (χ3n) is 2.29. The van der Waals surface area contributed by atoms with Gasteiger partial charge in [-0.3, -0.25) is 0 Å². The Labute approximate surface area is 77.8 Å². The molecule has 0 saturated carbocycles. The number of halogens is 1. The lowest BCUT2D eigenvalue weighted by Crippen LogP contribution is -1.93. The molecule has 13 heavy (non-hydrogen) atoms. The molecule has 1 aromatic rings. The second kappa shape index (κ2) is 4.04. The highest BCUT2D eigenvalue weighted by Crippen LogP contribution is 2.20. The monoisotopic (exact) mass is 177 g/mol. The summed E-state index contributed by atoms with van der Waals surface area (Å²) in [7, 11) is 0. The third kappa shape index (κ3) is 2.06. The molecule has 1 nitrogen and oxygen atoms in total. The molecule has 0 fully saturated rings. The maximum Gasteiger partial charge on any atom is 0.140 e. The average Bonchev–Trinajstić information content (AvgIpc) is 2.17. The fourth-order valence-corrected chi connectivity index (χ4v) is 1.17. The molecule has 1 aromatic carbocycles. The zero-order valence-corrected chi connectivity index (χ0v) is 7.84. The maximum atomic E-state index is 12.9. The summed E-state index contributed by atoms with van der Waals surface area (Å²) in [5, 5.41) is 8.61. The van der Waals surface area contributed by atoms with Crippen molar-refractivity contribution < 1.29 is 4.39 Å². The molecule has 0 aliphatic carbocycles. The fourth-order valence-electron chi connectivity index (χ4n) is 1.17. The van der Waals surface area contributed by atoms with Crippen LogP contribution in [0.4, 0.5) is 4.39 Å². The highest BCUT2D eigenvalue weighted by Gasteiger charge is 2.06. The summed E-state index contributed by atoms with van der Waals surface area (Å²) in [6.45, 7) is 4.13. The lowest BCUT2D eigenvalue weighted by molar-refractivity contribution is 0.621. The number of hydrogen-bond donors (Lipinski definition) is 0. The summed E-state index contributed by atoms with van der Waals surface area (Å²) in [6.07, 6.45) is 0.997. The summed E-state index contributed by atoms with van der Waals surface area (Å²) < 4.78 is 12.9. The zero-order valence-electron chi connectivity index (χ0n) is 7.84. The standard InChI is InChI=1S/C11H12FN/c1-3-8(2)9-4-5-11(12)10(6-9)7-13/h4-6,8H,3H2,1-2H3/t8-/m0/s1. The molecular weight excluding hydrogens is 165 g/mol. The van der Waals surface area contributed by atoms with Crippen LogP contribution in [0.5, 0.6) is 0 Å². The average molecular weight is 177 g/mol. The second-order valence-electron chi connectivity index (χ2n) is 3.16. The molecule has 0 heterocycles. The SMILES string of the molecule is CC[C@H](C)c1ccc(F)c(C#N)c1. The first-order valence-electron chi connectivity index (χ1n) is 4.38. The Morgan fingerprint density at radius 3 is 2.77 bits per heavy atom. The van der Waals surface area contributed by atoms with Crippen molar-refractivity contribution in [2.45, 2.75) is 26.2 Å². The van der Waals surface area contributed by atoms with E-state index in [1.807, 2.05) is 6.07 Å². The van der Waals surface area contributed by atoms with Gasteiger partial charge in [-0.15, -0.1) is 0 Å². The van der Waals surface area contributed by atoms with Crippen molar-refractivity contribution in [3.8, 4) is 6.07 Å². The van der Waals surface area contributed by atoms with Crippen LogP contribution in [0.2, 0.25) is 0 Å². The summed E-state index contributed by atoms with van der Waals surface area (Å²) in [6, 6.07) is 6.57. The van der Waals surface area contributed by atoms with Crippen molar-refractivity contribution in [3.63, 3.8) is 0 Å². The minimum atomic E-state index is -0.436. The van der Waals surface area contributed by atoms with Crippen molar-refractivity contribution in [3.05, 3.63) is 35.1 Å². The summed E-state index contributed by atoms with van der Waals surface area (Å²) >= 11 is 0. The van der Waals surface area contributed by atoms with E-state index in [9.17, 15) is 4.39 Å². The van der Waals surface area contributed by atoms with Gasteiger partial charge in [0.15, 0.2) is 0 Å². The lowest BCUT2D eigenvalue weighted by atomic mass is 9.97. The van der Waals surface area contributed by atoms with Gasteiger partial charge in [-0.2, -0.15) is 5.26 Å². The van der Waals surface area contributed by atoms with E-state index >= 15 is 0 Å². The molecule has 2 heteroatoms. The minimum absolute atomic E-state index is 0.137. The molecule has 0 bridgehead atoms. The highest BCUT2D eigenvalue weighted by molar-refractivity contribution is 5.35. The van der Waals surface area contributed by atoms with Crippen molar-refractivity contribution >= 4 is 0 Å². The lowest BCUT2D eigenvalue weighted by Gasteiger charge is -2.08. The van der Waals surface area contributed by atoms with Crippen LogP contribution in [0, 0.1) is 17.1 Å². The van der Waals surface area contributed by atoms with Crippen molar-refractivity contribution in [1.29, 1.82) is 5.26 Å². The fraction of sp³-hybridized carbons (Fsp3) is 0.364. The van der Waals surface area contributed by atoms with Crippen LogP contribution in [0.1, 0.15) is 37.3 Å². The first-order valence-corrected chi connectivity index (χ1v) is 4.38. The van der Waals surface area contributed by atoms with Crippen molar-refractivity contribution in [2.24, 2.45) is 0 Å². The van der Waals surface area contributed by atoms with Gasteiger partial charge in [0.1, 0.15) is 11.9 Å². The Morgan fingerprint density at radius 2 is 2.23 bits per heavy atom. The van der Waals surface area contributed by atoms with Gasteiger partial charge >= 0.3 is 0 Å². The Morgan fingerprint density at radius 1 is 1.54 bits per heavy atom. The first kappa shape index (κ1) is 9.73. The topological polar surface area (TPSA) is 23.8 Å². The van der Waals surface area contributed by atoms with Crippen LogP contribution >= 0.6 is 0 Å². The van der Waals surface area contributed by atoms with E-state index in [0.717, 1.165) is 12.0 Å². The summed E-state index contributed by atoms with van der Waals surface area (Å²) in [5.74, 6) is -0.0535. The van der Waals surface area contributed by atoms with E-state index in [-0.39, 0.29) is 5.56 Å². The van der Waals surface area contributed by atoms with Gasteiger partial charge in [0, 0.05) is 0 Å². The van der Waals surface area contributed by atoms with Gasteiger partial charge < -0.3 is 0 Å². The Kier molecular flexibility index (Phi) is 3.02. The maximum absolute atomic E-state index is 12.9. The van der Waals surface area contributed by atoms with Crippen LogP contribution in [-0.4, -0.2) is 0 Å². The van der Waals surface area contributed by atoms with Crippen LogP contribution in [-0.2, 0) is 0 Å². The third-order valence-corrected chi connectivity index (χ3v) is 2.29. The van der Waals surface area contributed by atoms with Gasteiger partial charge in [-0.05, 0) is 30.0 Å². The number of benzene rings is 1. The van der Waals surface area contributed by atoms with Crippen molar-refractivity contribution in [1.82, 2.24) is 0 Å².